The SMILES string of the molecule is COc1cc(-c2nnc(C34CC5CC(CC(C5)C3)C4)n2C)cc(OC)c1OC. The van der Waals surface area contributed by atoms with E-state index in [0.29, 0.717) is 17.2 Å². The first kappa shape index (κ1) is 17.8. The average Bonchev–Trinajstić information content (AvgIpc) is 3.08. The number of hydrogen-bond acceptors (Lipinski definition) is 5. The molecule has 6 rings (SSSR count). The first-order chi connectivity index (χ1) is 13.6. The van der Waals surface area contributed by atoms with Crippen molar-refractivity contribution < 1.29 is 14.2 Å². The van der Waals surface area contributed by atoms with Gasteiger partial charge in [0.1, 0.15) is 5.82 Å². The van der Waals surface area contributed by atoms with Crippen molar-refractivity contribution >= 4 is 0 Å². The molecule has 4 fully saturated rings. The smallest absolute Gasteiger partial charge is 0.203 e. The molecule has 4 bridgehead atoms. The normalized spacial score (nSPS) is 30.5. The molecule has 150 valence electrons. The van der Waals surface area contributed by atoms with Gasteiger partial charge in [-0.3, -0.25) is 0 Å². The summed E-state index contributed by atoms with van der Waals surface area (Å²) < 4.78 is 18.7. The molecule has 1 aromatic heterocycles. The van der Waals surface area contributed by atoms with Crippen molar-refractivity contribution in [3.8, 4) is 28.6 Å². The highest BCUT2D eigenvalue weighted by molar-refractivity contribution is 5.67. The van der Waals surface area contributed by atoms with Crippen LogP contribution in [0.15, 0.2) is 12.1 Å². The zero-order chi connectivity index (χ0) is 19.5. The van der Waals surface area contributed by atoms with Crippen molar-refractivity contribution in [1.29, 1.82) is 0 Å². The Morgan fingerprint density at radius 3 is 1.86 bits per heavy atom. The molecule has 2 aromatic rings. The van der Waals surface area contributed by atoms with E-state index in [1.807, 2.05) is 12.1 Å². The number of methoxy groups -OCH3 is 3. The largest absolute Gasteiger partial charge is 0.493 e. The van der Waals surface area contributed by atoms with Crippen LogP contribution in [0, 0.1) is 17.8 Å². The molecule has 0 radical (unpaired) electrons. The number of aromatic nitrogens is 3. The summed E-state index contributed by atoms with van der Waals surface area (Å²) in [5.41, 5.74) is 1.15. The van der Waals surface area contributed by atoms with Crippen molar-refractivity contribution in [3.63, 3.8) is 0 Å². The topological polar surface area (TPSA) is 58.4 Å². The zero-order valence-corrected chi connectivity index (χ0v) is 17.2. The number of ether oxygens (including phenoxy) is 3. The highest BCUT2D eigenvalue weighted by Gasteiger charge is 2.53. The molecule has 6 heteroatoms. The lowest BCUT2D eigenvalue weighted by molar-refractivity contribution is -0.0107. The van der Waals surface area contributed by atoms with Crippen LogP contribution in [0.25, 0.3) is 11.4 Å². The van der Waals surface area contributed by atoms with E-state index in [9.17, 15) is 0 Å². The summed E-state index contributed by atoms with van der Waals surface area (Å²) in [7, 11) is 7.00. The van der Waals surface area contributed by atoms with E-state index < -0.39 is 0 Å². The fourth-order valence-electron chi connectivity index (χ4n) is 6.64. The highest BCUT2D eigenvalue weighted by atomic mass is 16.5. The predicted molar refractivity (Wildman–Crippen MR) is 106 cm³/mol. The summed E-state index contributed by atoms with van der Waals surface area (Å²) >= 11 is 0. The van der Waals surface area contributed by atoms with Crippen LogP contribution in [-0.2, 0) is 12.5 Å². The second kappa shape index (κ2) is 6.39. The van der Waals surface area contributed by atoms with Crippen molar-refractivity contribution in [2.75, 3.05) is 21.3 Å². The Morgan fingerprint density at radius 2 is 1.39 bits per heavy atom. The van der Waals surface area contributed by atoms with Crippen LogP contribution in [0.4, 0.5) is 0 Å². The van der Waals surface area contributed by atoms with E-state index in [4.69, 9.17) is 19.3 Å². The molecule has 1 heterocycles. The van der Waals surface area contributed by atoms with Gasteiger partial charge in [-0.05, 0) is 68.4 Å². The summed E-state index contributed by atoms with van der Waals surface area (Å²) in [5, 5.41) is 9.35. The second-order valence-corrected chi connectivity index (χ2v) is 9.02. The van der Waals surface area contributed by atoms with Gasteiger partial charge in [-0.25, -0.2) is 0 Å². The van der Waals surface area contributed by atoms with E-state index in [-0.39, 0.29) is 5.41 Å². The molecule has 0 aliphatic heterocycles. The average molecular weight is 383 g/mol. The maximum absolute atomic E-state index is 5.53. The maximum atomic E-state index is 5.53. The molecule has 0 saturated heterocycles. The highest BCUT2D eigenvalue weighted by Crippen LogP contribution is 2.60. The Morgan fingerprint density at radius 1 is 0.857 bits per heavy atom. The van der Waals surface area contributed by atoms with Crippen molar-refractivity contribution in [3.05, 3.63) is 18.0 Å². The molecule has 0 atom stereocenters. The molecule has 4 aliphatic rings. The third-order valence-corrected chi connectivity index (χ3v) is 7.31. The van der Waals surface area contributed by atoms with Gasteiger partial charge in [-0.2, -0.15) is 0 Å². The minimum absolute atomic E-state index is 0.218. The Kier molecular flexibility index (Phi) is 4.07. The number of nitrogens with zero attached hydrogens (tertiary/aromatic N) is 3. The molecule has 4 saturated carbocycles. The van der Waals surface area contributed by atoms with Crippen LogP contribution in [0.5, 0.6) is 17.2 Å². The van der Waals surface area contributed by atoms with Crippen LogP contribution < -0.4 is 14.2 Å². The molecular formula is C22H29N3O3. The van der Waals surface area contributed by atoms with Crippen LogP contribution in [0.1, 0.15) is 44.3 Å². The summed E-state index contributed by atoms with van der Waals surface area (Å²) in [6.07, 6.45) is 8.12. The van der Waals surface area contributed by atoms with E-state index in [0.717, 1.165) is 35.0 Å². The summed E-state index contributed by atoms with van der Waals surface area (Å²) in [6.45, 7) is 0. The number of benzene rings is 1. The predicted octanol–water partition coefficient (Wildman–Crippen LogP) is 3.98. The summed E-state index contributed by atoms with van der Waals surface area (Å²) in [5.74, 6) is 6.53. The molecular weight excluding hydrogens is 354 g/mol. The lowest BCUT2D eigenvalue weighted by atomic mass is 9.49. The molecule has 6 nitrogen and oxygen atoms in total. The van der Waals surface area contributed by atoms with Gasteiger partial charge in [0.05, 0.1) is 21.3 Å². The third kappa shape index (κ3) is 2.53. The van der Waals surface area contributed by atoms with E-state index in [1.54, 1.807) is 21.3 Å². The van der Waals surface area contributed by atoms with Gasteiger partial charge in [0.15, 0.2) is 17.3 Å². The van der Waals surface area contributed by atoms with Gasteiger partial charge in [-0.1, -0.05) is 0 Å². The Labute approximate surface area is 166 Å². The van der Waals surface area contributed by atoms with Crippen LogP contribution in [-0.4, -0.2) is 36.1 Å². The molecule has 28 heavy (non-hydrogen) atoms. The summed E-state index contributed by atoms with van der Waals surface area (Å²) in [6, 6.07) is 3.91. The molecule has 4 aliphatic carbocycles. The Balaban J connectivity index is 1.57. The zero-order valence-electron chi connectivity index (χ0n) is 17.2. The molecule has 1 aromatic carbocycles. The first-order valence-corrected chi connectivity index (χ1v) is 10.3. The lowest BCUT2D eigenvalue weighted by Crippen LogP contribution is -2.49. The fraction of sp³-hybridized carbons (Fsp3) is 0.636. The Bertz CT molecular complexity index is 844. The maximum Gasteiger partial charge on any atom is 0.203 e. The standard InChI is InChI=1S/C22H29N3O3/c1-25-20(16-8-17(26-2)19(28-4)18(9-16)27-3)23-24-21(25)22-10-13-5-14(11-22)7-15(6-13)12-22/h8-9,13-15H,5-7,10-12H2,1-4H3. The monoisotopic (exact) mass is 383 g/mol. The fourth-order valence-corrected chi connectivity index (χ4v) is 6.64. The first-order valence-electron chi connectivity index (χ1n) is 10.3. The van der Waals surface area contributed by atoms with Gasteiger partial charge in [0.2, 0.25) is 5.75 Å². The van der Waals surface area contributed by atoms with Crippen LogP contribution in [0.2, 0.25) is 0 Å². The quantitative estimate of drug-likeness (QED) is 0.782. The van der Waals surface area contributed by atoms with E-state index in [2.05, 4.69) is 16.7 Å². The third-order valence-electron chi connectivity index (χ3n) is 7.31. The number of rotatable bonds is 5. The van der Waals surface area contributed by atoms with Crippen LogP contribution >= 0.6 is 0 Å². The van der Waals surface area contributed by atoms with Crippen molar-refractivity contribution in [1.82, 2.24) is 14.8 Å². The summed E-state index contributed by atoms with van der Waals surface area (Å²) in [4.78, 5) is 0. The molecule has 0 amide bonds. The Hall–Kier alpha value is -2.24. The lowest BCUT2D eigenvalue weighted by Gasteiger charge is -2.56. The number of hydrogen-bond donors (Lipinski definition) is 0. The minimum Gasteiger partial charge on any atom is -0.493 e. The van der Waals surface area contributed by atoms with Crippen molar-refractivity contribution in [2.24, 2.45) is 24.8 Å². The van der Waals surface area contributed by atoms with Gasteiger partial charge in [-0.15, -0.1) is 10.2 Å². The van der Waals surface area contributed by atoms with Gasteiger partial charge < -0.3 is 18.8 Å². The molecule has 0 unspecified atom stereocenters. The van der Waals surface area contributed by atoms with Gasteiger partial charge in [0.25, 0.3) is 0 Å². The van der Waals surface area contributed by atoms with Gasteiger partial charge >= 0.3 is 0 Å². The molecule has 0 N–H and O–H groups in total. The van der Waals surface area contributed by atoms with Crippen molar-refractivity contribution in [2.45, 2.75) is 43.9 Å². The van der Waals surface area contributed by atoms with E-state index in [1.165, 1.54) is 38.5 Å². The molecule has 0 spiro atoms. The minimum atomic E-state index is 0.218. The van der Waals surface area contributed by atoms with E-state index >= 15 is 0 Å². The van der Waals surface area contributed by atoms with Gasteiger partial charge in [0, 0.05) is 18.0 Å². The second-order valence-electron chi connectivity index (χ2n) is 9.02. The van der Waals surface area contributed by atoms with Crippen LogP contribution in [0.3, 0.4) is 0 Å².